The van der Waals surface area contributed by atoms with Gasteiger partial charge in [0.1, 0.15) is 0 Å². The van der Waals surface area contributed by atoms with Gasteiger partial charge in [0.2, 0.25) is 0 Å². The molecule has 2 bridgehead atoms. The van der Waals surface area contributed by atoms with E-state index in [1.807, 2.05) is 19.3 Å². The second-order valence-electron chi connectivity index (χ2n) is 6.27. The average molecular weight is 274 g/mol. The lowest BCUT2D eigenvalue weighted by Gasteiger charge is -2.40. The van der Waals surface area contributed by atoms with Crippen molar-refractivity contribution in [3.8, 4) is 0 Å². The molecule has 2 aliphatic rings. The molecule has 0 saturated carbocycles. The minimum atomic E-state index is -0.642. The molecule has 3 rings (SSSR count). The standard InChI is InChI=1S/C16H22N2O2/c1-11(16(19)20)13-8-14-2-3-15(9-13)18(14)10-12-4-6-17-7-5-12/h4-7,11,13-15H,2-3,8-10H2,1H3,(H,19,20). The molecule has 0 aromatic carbocycles. The number of pyridine rings is 1. The smallest absolute Gasteiger partial charge is 0.306 e. The number of aromatic nitrogens is 1. The molecule has 4 heteroatoms. The van der Waals surface area contributed by atoms with E-state index < -0.39 is 5.97 Å². The van der Waals surface area contributed by atoms with Crippen molar-refractivity contribution in [3.63, 3.8) is 0 Å². The maximum absolute atomic E-state index is 11.2. The van der Waals surface area contributed by atoms with Gasteiger partial charge in [-0.2, -0.15) is 0 Å². The van der Waals surface area contributed by atoms with Gasteiger partial charge in [-0.25, -0.2) is 0 Å². The first-order chi connectivity index (χ1) is 9.65. The van der Waals surface area contributed by atoms with E-state index in [1.165, 1.54) is 18.4 Å². The van der Waals surface area contributed by atoms with E-state index in [0.29, 0.717) is 18.0 Å². The van der Waals surface area contributed by atoms with Gasteiger partial charge in [-0.1, -0.05) is 6.92 Å². The van der Waals surface area contributed by atoms with Gasteiger partial charge in [-0.15, -0.1) is 0 Å². The molecule has 1 aromatic heterocycles. The highest BCUT2D eigenvalue weighted by Crippen LogP contribution is 2.42. The Bertz CT molecular complexity index is 463. The van der Waals surface area contributed by atoms with Crippen molar-refractivity contribution < 1.29 is 9.90 Å². The Balaban J connectivity index is 1.68. The fourth-order valence-electron chi connectivity index (χ4n) is 3.88. The maximum atomic E-state index is 11.2. The number of rotatable bonds is 4. The minimum absolute atomic E-state index is 0.207. The number of carboxylic acid groups (broad SMARTS) is 1. The highest BCUT2D eigenvalue weighted by molar-refractivity contribution is 5.69. The van der Waals surface area contributed by atoms with Gasteiger partial charge in [-0.3, -0.25) is 14.7 Å². The molecule has 0 amide bonds. The van der Waals surface area contributed by atoms with Crippen molar-refractivity contribution in [1.82, 2.24) is 9.88 Å². The lowest BCUT2D eigenvalue weighted by atomic mass is 9.81. The maximum Gasteiger partial charge on any atom is 0.306 e. The van der Waals surface area contributed by atoms with Crippen LogP contribution in [0.3, 0.4) is 0 Å². The van der Waals surface area contributed by atoms with Crippen LogP contribution in [-0.2, 0) is 11.3 Å². The average Bonchev–Trinajstić information content (AvgIpc) is 2.70. The van der Waals surface area contributed by atoms with Crippen LogP contribution in [0.5, 0.6) is 0 Å². The van der Waals surface area contributed by atoms with Crippen molar-refractivity contribution in [2.24, 2.45) is 11.8 Å². The molecule has 0 radical (unpaired) electrons. The summed E-state index contributed by atoms with van der Waals surface area (Å²) in [5.74, 6) is -0.503. The quantitative estimate of drug-likeness (QED) is 0.916. The number of carboxylic acids is 1. The van der Waals surface area contributed by atoms with E-state index in [9.17, 15) is 9.90 Å². The zero-order valence-corrected chi connectivity index (χ0v) is 11.9. The van der Waals surface area contributed by atoms with Gasteiger partial charge in [-0.05, 0) is 49.3 Å². The van der Waals surface area contributed by atoms with Crippen LogP contribution in [-0.4, -0.2) is 33.0 Å². The molecule has 0 spiro atoms. The van der Waals surface area contributed by atoms with Gasteiger partial charge >= 0.3 is 5.97 Å². The number of fused-ring (bicyclic) bond motifs is 2. The molecule has 2 saturated heterocycles. The first kappa shape index (κ1) is 13.6. The Labute approximate surface area is 119 Å². The fourth-order valence-corrected chi connectivity index (χ4v) is 3.88. The SMILES string of the molecule is CC(C(=O)O)C1CC2CCC(C1)N2Cc1ccncc1. The molecule has 3 unspecified atom stereocenters. The second kappa shape index (κ2) is 5.52. The molecule has 4 nitrogen and oxygen atoms in total. The third-order valence-corrected chi connectivity index (χ3v) is 5.13. The number of carbonyl (C=O) groups is 1. The lowest BCUT2D eigenvalue weighted by molar-refractivity contribution is -0.144. The Morgan fingerprint density at radius 1 is 1.35 bits per heavy atom. The van der Waals surface area contributed by atoms with Gasteiger partial charge in [0.05, 0.1) is 5.92 Å². The first-order valence-corrected chi connectivity index (χ1v) is 7.52. The summed E-state index contributed by atoms with van der Waals surface area (Å²) in [6.45, 7) is 2.84. The van der Waals surface area contributed by atoms with Crippen LogP contribution in [0, 0.1) is 11.8 Å². The van der Waals surface area contributed by atoms with Gasteiger partial charge in [0, 0.05) is 31.0 Å². The Kier molecular flexibility index (Phi) is 3.74. The Hall–Kier alpha value is -1.42. The third-order valence-electron chi connectivity index (χ3n) is 5.13. The van der Waals surface area contributed by atoms with Crippen molar-refractivity contribution in [2.75, 3.05) is 0 Å². The summed E-state index contributed by atoms with van der Waals surface area (Å²) in [5, 5.41) is 9.21. The van der Waals surface area contributed by atoms with Crippen LogP contribution in [0.15, 0.2) is 24.5 Å². The van der Waals surface area contributed by atoms with Crippen molar-refractivity contribution in [3.05, 3.63) is 30.1 Å². The summed E-state index contributed by atoms with van der Waals surface area (Å²) in [6.07, 6.45) is 8.20. The van der Waals surface area contributed by atoms with Crippen LogP contribution in [0.1, 0.15) is 38.2 Å². The molecule has 3 heterocycles. The van der Waals surface area contributed by atoms with Crippen molar-refractivity contribution in [2.45, 2.75) is 51.2 Å². The van der Waals surface area contributed by atoms with Crippen LogP contribution in [0.4, 0.5) is 0 Å². The third kappa shape index (κ3) is 2.57. The number of nitrogens with zero attached hydrogens (tertiary/aromatic N) is 2. The zero-order valence-electron chi connectivity index (χ0n) is 11.9. The normalized spacial score (nSPS) is 31.1. The lowest BCUT2D eigenvalue weighted by Crippen LogP contribution is -2.44. The summed E-state index contributed by atoms with van der Waals surface area (Å²) in [5.41, 5.74) is 1.31. The molecule has 1 N–H and O–H groups in total. The number of hydrogen-bond acceptors (Lipinski definition) is 3. The van der Waals surface area contributed by atoms with E-state index in [-0.39, 0.29) is 5.92 Å². The largest absolute Gasteiger partial charge is 0.481 e. The van der Waals surface area contributed by atoms with Gasteiger partial charge in [0.25, 0.3) is 0 Å². The van der Waals surface area contributed by atoms with Crippen LogP contribution in [0.2, 0.25) is 0 Å². The summed E-state index contributed by atoms with van der Waals surface area (Å²) >= 11 is 0. The zero-order chi connectivity index (χ0) is 14.1. The van der Waals surface area contributed by atoms with Crippen molar-refractivity contribution in [1.29, 1.82) is 0 Å². The molecular formula is C16H22N2O2. The molecule has 0 aliphatic carbocycles. The molecule has 108 valence electrons. The summed E-state index contributed by atoms with van der Waals surface area (Å²) < 4.78 is 0. The monoisotopic (exact) mass is 274 g/mol. The summed E-state index contributed by atoms with van der Waals surface area (Å²) in [6, 6.07) is 5.28. The number of hydrogen-bond donors (Lipinski definition) is 1. The van der Waals surface area contributed by atoms with Crippen molar-refractivity contribution >= 4 is 5.97 Å². The second-order valence-corrected chi connectivity index (χ2v) is 6.27. The Morgan fingerprint density at radius 2 is 1.95 bits per heavy atom. The highest BCUT2D eigenvalue weighted by atomic mass is 16.4. The molecule has 1 aromatic rings. The van der Waals surface area contributed by atoms with Crippen LogP contribution < -0.4 is 0 Å². The number of piperidine rings is 1. The van der Waals surface area contributed by atoms with Crippen LogP contribution in [0.25, 0.3) is 0 Å². The van der Waals surface area contributed by atoms with E-state index in [2.05, 4.69) is 22.0 Å². The molecular weight excluding hydrogens is 252 g/mol. The molecule has 2 fully saturated rings. The van der Waals surface area contributed by atoms with E-state index in [1.54, 1.807) is 0 Å². The summed E-state index contributed by atoms with van der Waals surface area (Å²) in [7, 11) is 0. The topological polar surface area (TPSA) is 53.4 Å². The minimum Gasteiger partial charge on any atom is -0.481 e. The molecule has 3 atom stereocenters. The van der Waals surface area contributed by atoms with Crippen LogP contribution >= 0.6 is 0 Å². The fraction of sp³-hybridized carbons (Fsp3) is 0.625. The van der Waals surface area contributed by atoms with Gasteiger partial charge < -0.3 is 5.11 Å². The highest BCUT2D eigenvalue weighted by Gasteiger charge is 2.43. The predicted octanol–water partition coefficient (Wildman–Crippen LogP) is 2.55. The van der Waals surface area contributed by atoms with Gasteiger partial charge in [0.15, 0.2) is 0 Å². The summed E-state index contributed by atoms with van der Waals surface area (Å²) in [4.78, 5) is 17.8. The van der Waals surface area contributed by atoms with E-state index >= 15 is 0 Å². The predicted molar refractivity (Wildman–Crippen MR) is 76.1 cm³/mol. The number of aliphatic carboxylic acids is 1. The molecule has 2 aliphatic heterocycles. The van der Waals surface area contributed by atoms with E-state index in [0.717, 1.165) is 19.4 Å². The first-order valence-electron chi connectivity index (χ1n) is 7.52. The Morgan fingerprint density at radius 3 is 2.50 bits per heavy atom. The molecule has 20 heavy (non-hydrogen) atoms. The van der Waals surface area contributed by atoms with E-state index in [4.69, 9.17) is 0 Å².